The Labute approximate surface area is 123 Å². The zero-order valence-electron chi connectivity index (χ0n) is 11.6. The molecule has 0 amide bonds. The van der Waals surface area contributed by atoms with Gasteiger partial charge < -0.3 is 9.84 Å². The van der Waals surface area contributed by atoms with Crippen LogP contribution < -0.4 is 4.74 Å². The summed E-state index contributed by atoms with van der Waals surface area (Å²) in [4.78, 5) is 11.2. The van der Waals surface area contributed by atoms with Crippen molar-refractivity contribution in [2.24, 2.45) is 0 Å². The Morgan fingerprint density at radius 3 is 2.63 bits per heavy atom. The molecule has 0 saturated carbocycles. The van der Waals surface area contributed by atoms with Gasteiger partial charge in [-0.1, -0.05) is 43.1 Å². The maximum atomic E-state index is 11.2. The Kier molecular flexibility index (Phi) is 6.35. The van der Waals surface area contributed by atoms with Crippen molar-refractivity contribution < 1.29 is 14.6 Å². The lowest BCUT2D eigenvalue weighted by Gasteiger charge is -2.19. The third-order valence-electron chi connectivity index (χ3n) is 2.96. The van der Waals surface area contributed by atoms with Crippen LogP contribution in [0.4, 0.5) is 0 Å². The van der Waals surface area contributed by atoms with Crippen LogP contribution in [-0.2, 0) is 4.79 Å². The molecule has 1 aromatic carbocycles. The first-order valence-corrected chi connectivity index (χ1v) is 7.43. The van der Waals surface area contributed by atoms with Crippen LogP contribution in [0.1, 0.15) is 51.5 Å². The Hall–Kier alpha value is -1.03. The monoisotopic (exact) mass is 328 g/mol. The van der Waals surface area contributed by atoms with Gasteiger partial charge in [0, 0.05) is 4.47 Å². The summed E-state index contributed by atoms with van der Waals surface area (Å²) < 4.78 is 6.68. The number of carboxylic acids is 1. The molecule has 0 aliphatic heterocycles. The minimum Gasteiger partial charge on any atom is -0.479 e. The normalized spacial score (nSPS) is 12.5. The summed E-state index contributed by atoms with van der Waals surface area (Å²) in [6, 6.07) is 5.69. The lowest BCUT2D eigenvalue weighted by atomic mass is 10.0. The number of carbonyl (C=O) groups is 1. The summed E-state index contributed by atoms with van der Waals surface area (Å²) >= 11 is 3.43. The van der Waals surface area contributed by atoms with Crippen LogP contribution in [0, 0.1) is 0 Å². The molecule has 1 rings (SSSR count). The quantitative estimate of drug-likeness (QED) is 0.795. The highest BCUT2D eigenvalue weighted by Gasteiger charge is 2.20. The average molecular weight is 329 g/mol. The minimum atomic E-state index is -0.897. The predicted molar refractivity (Wildman–Crippen MR) is 79.8 cm³/mol. The lowest BCUT2D eigenvalue weighted by Crippen LogP contribution is -2.27. The standard InChI is InChI=1S/C15H21BrO3/c1-4-5-6-14(15(17)18)19-13-8-7-11(16)9-12(13)10(2)3/h7-10,14H,4-6H2,1-3H3,(H,17,18). The maximum absolute atomic E-state index is 11.2. The first-order chi connectivity index (χ1) is 8.95. The van der Waals surface area contributed by atoms with Gasteiger partial charge in [-0.3, -0.25) is 0 Å². The number of ether oxygens (including phenoxy) is 1. The average Bonchev–Trinajstić information content (AvgIpc) is 2.35. The predicted octanol–water partition coefficient (Wildman–Crippen LogP) is 4.59. The van der Waals surface area contributed by atoms with Crippen LogP contribution in [0.5, 0.6) is 5.75 Å². The SMILES string of the molecule is CCCCC(Oc1ccc(Br)cc1C(C)C)C(=O)O. The second kappa shape index (κ2) is 7.53. The minimum absolute atomic E-state index is 0.285. The zero-order valence-corrected chi connectivity index (χ0v) is 13.2. The molecule has 1 unspecified atom stereocenters. The van der Waals surface area contributed by atoms with E-state index in [2.05, 4.69) is 29.8 Å². The molecule has 19 heavy (non-hydrogen) atoms. The van der Waals surface area contributed by atoms with Crippen molar-refractivity contribution in [1.29, 1.82) is 0 Å². The van der Waals surface area contributed by atoms with Gasteiger partial charge in [0.1, 0.15) is 5.75 Å². The highest BCUT2D eigenvalue weighted by molar-refractivity contribution is 9.10. The van der Waals surface area contributed by atoms with Gasteiger partial charge in [0.15, 0.2) is 6.10 Å². The van der Waals surface area contributed by atoms with E-state index in [0.29, 0.717) is 12.2 Å². The van der Waals surface area contributed by atoms with Crippen molar-refractivity contribution in [3.63, 3.8) is 0 Å². The highest BCUT2D eigenvalue weighted by Crippen LogP contribution is 2.30. The summed E-state index contributed by atoms with van der Waals surface area (Å²) in [6.45, 7) is 6.17. The summed E-state index contributed by atoms with van der Waals surface area (Å²) in [5.74, 6) is 0.0564. The molecule has 0 radical (unpaired) electrons. The number of halogens is 1. The van der Waals surface area contributed by atoms with E-state index in [1.807, 2.05) is 25.1 Å². The lowest BCUT2D eigenvalue weighted by molar-refractivity contribution is -0.145. The largest absolute Gasteiger partial charge is 0.479 e. The number of rotatable bonds is 7. The number of aliphatic carboxylic acids is 1. The molecule has 1 atom stereocenters. The summed E-state index contributed by atoms with van der Waals surface area (Å²) in [5, 5.41) is 9.21. The molecule has 3 nitrogen and oxygen atoms in total. The zero-order chi connectivity index (χ0) is 14.4. The van der Waals surface area contributed by atoms with E-state index in [1.54, 1.807) is 0 Å². The second-order valence-electron chi connectivity index (χ2n) is 4.92. The van der Waals surface area contributed by atoms with Crippen molar-refractivity contribution in [2.45, 2.75) is 52.1 Å². The van der Waals surface area contributed by atoms with Crippen LogP contribution in [-0.4, -0.2) is 17.2 Å². The van der Waals surface area contributed by atoms with Crippen molar-refractivity contribution in [3.05, 3.63) is 28.2 Å². The third-order valence-corrected chi connectivity index (χ3v) is 3.45. The maximum Gasteiger partial charge on any atom is 0.344 e. The molecule has 0 aliphatic carbocycles. The Morgan fingerprint density at radius 2 is 2.11 bits per heavy atom. The van der Waals surface area contributed by atoms with Crippen molar-refractivity contribution in [1.82, 2.24) is 0 Å². The summed E-state index contributed by atoms with van der Waals surface area (Å²) in [5.41, 5.74) is 1.03. The fourth-order valence-electron chi connectivity index (χ4n) is 1.85. The van der Waals surface area contributed by atoms with Gasteiger partial charge in [-0.2, -0.15) is 0 Å². The molecular weight excluding hydrogens is 308 g/mol. The van der Waals surface area contributed by atoms with Gasteiger partial charge in [0.25, 0.3) is 0 Å². The molecule has 106 valence electrons. The third kappa shape index (κ3) is 4.86. The number of benzene rings is 1. The first kappa shape index (κ1) is 16.0. The molecule has 0 aromatic heterocycles. The van der Waals surface area contributed by atoms with Crippen LogP contribution in [0.2, 0.25) is 0 Å². The summed E-state index contributed by atoms with van der Waals surface area (Å²) in [6.07, 6.45) is 1.59. The fraction of sp³-hybridized carbons (Fsp3) is 0.533. The topological polar surface area (TPSA) is 46.5 Å². The van der Waals surface area contributed by atoms with E-state index in [1.165, 1.54) is 0 Å². The van der Waals surface area contributed by atoms with Gasteiger partial charge in [0.05, 0.1) is 0 Å². The fourth-order valence-corrected chi connectivity index (χ4v) is 2.23. The van der Waals surface area contributed by atoms with Gasteiger partial charge in [-0.25, -0.2) is 4.79 Å². The van der Waals surface area contributed by atoms with Crippen molar-refractivity contribution in [3.8, 4) is 5.75 Å². The van der Waals surface area contributed by atoms with E-state index in [9.17, 15) is 9.90 Å². The van der Waals surface area contributed by atoms with E-state index in [4.69, 9.17) is 4.74 Å². The van der Waals surface area contributed by atoms with Gasteiger partial charge in [-0.05, 0) is 42.5 Å². The number of unbranched alkanes of at least 4 members (excludes halogenated alkanes) is 1. The molecule has 0 spiro atoms. The van der Waals surface area contributed by atoms with Gasteiger partial charge >= 0.3 is 5.97 Å². The molecule has 0 saturated heterocycles. The highest BCUT2D eigenvalue weighted by atomic mass is 79.9. The number of carboxylic acid groups (broad SMARTS) is 1. The number of hydrogen-bond donors (Lipinski definition) is 1. The molecule has 0 bridgehead atoms. The van der Waals surface area contributed by atoms with E-state index < -0.39 is 12.1 Å². The Bertz CT molecular complexity index is 429. The van der Waals surface area contributed by atoms with Gasteiger partial charge in [-0.15, -0.1) is 0 Å². The van der Waals surface area contributed by atoms with Gasteiger partial charge in [0.2, 0.25) is 0 Å². The van der Waals surface area contributed by atoms with Crippen LogP contribution in [0.3, 0.4) is 0 Å². The molecule has 0 fully saturated rings. The molecule has 0 aliphatic rings. The van der Waals surface area contributed by atoms with E-state index in [0.717, 1.165) is 22.9 Å². The van der Waals surface area contributed by atoms with Crippen molar-refractivity contribution in [2.75, 3.05) is 0 Å². The molecule has 4 heteroatoms. The van der Waals surface area contributed by atoms with E-state index >= 15 is 0 Å². The molecule has 0 heterocycles. The Morgan fingerprint density at radius 1 is 1.42 bits per heavy atom. The first-order valence-electron chi connectivity index (χ1n) is 6.64. The van der Waals surface area contributed by atoms with Crippen LogP contribution >= 0.6 is 15.9 Å². The molecular formula is C15H21BrO3. The molecule has 1 N–H and O–H groups in total. The summed E-state index contributed by atoms with van der Waals surface area (Å²) in [7, 11) is 0. The smallest absolute Gasteiger partial charge is 0.344 e. The number of hydrogen-bond acceptors (Lipinski definition) is 2. The second-order valence-corrected chi connectivity index (χ2v) is 5.84. The van der Waals surface area contributed by atoms with Crippen molar-refractivity contribution >= 4 is 21.9 Å². The molecule has 1 aromatic rings. The van der Waals surface area contributed by atoms with Crippen LogP contribution in [0.15, 0.2) is 22.7 Å². The van der Waals surface area contributed by atoms with Crippen LogP contribution in [0.25, 0.3) is 0 Å². The van der Waals surface area contributed by atoms with E-state index in [-0.39, 0.29) is 5.92 Å². The Balaban J connectivity index is 2.92.